The molecule has 0 spiro atoms. The second-order valence-electron chi connectivity index (χ2n) is 8.89. The average molecular weight is 560 g/mol. The van der Waals surface area contributed by atoms with E-state index in [1.54, 1.807) is 32.6 Å². The molecular formula is C25H24BrClN4O4. The van der Waals surface area contributed by atoms with Gasteiger partial charge in [0.25, 0.3) is 11.8 Å². The lowest BCUT2D eigenvalue weighted by Gasteiger charge is -2.31. The molecule has 0 aliphatic carbocycles. The summed E-state index contributed by atoms with van der Waals surface area (Å²) >= 11 is 9.52. The molecule has 2 amide bonds. The molecule has 2 aliphatic heterocycles. The number of aromatic nitrogens is 2. The SMILES string of the molecule is C[C@@H](c1ccccc1)N1C[C@@H](O)Cn2c(c3n(c2=O)CCN(C(=O)c2ccc(Br)c(Cl)c2)C3)C1=O. The van der Waals surface area contributed by atoms with E-state index in [1.165, 1.54) is 4.57 Å². The highest BCUT2D eigenvalue weighted by Gasteiger charge is 2.38. The monoisotopic (exact) mass is 558 g/mol. The van der Waals surface area contributed by atoms with Crippen LogP contribution in [0.2, 0.25) is 5.02 Å². The maximum atomic E-state index is 13.8. The van der Waals surface area contributed by atoms with Crippen LogP contribution < -0.4 is 5.69 Å². The molecule has 3 aromatic rings. The Kier molecular flexibility index (Phi) is 6.33. The molecule has 0 unspecified atom stereocenters. The van der Waals surface area contributed by atoms with E-state index in [9.17, 15) is 19.5 Å². The maximum absolute atomic E-state index is 13.8. The summed E-state index contributed by atoms with van der Waals surface area (Å²) in [7, 11) is 0. The van der Waals surface area contributed by atoms with Crippen LogP contribution in [-0.4, -0.2) is 55.0 Å². The van der Waals surface area contributed by atoms with Gasteiger partial charge in [0.05, 0.1) is 36.0 Å². The molecule has 35 heavy (non-hydrogen) atoms. The van der Waals surface area contributed by atoms with Gasteiger partial charge in [0.15, 0.2) is 0 Å². The van der Waals surface area contributed by atoms with Crippen molar-refractivity contribution in [1.82, 2.24) is 18.9 Å². The van der Waals surface area contributed by atoms with Crippen LogP contribution in [0.25, 0.3) is 0 Å². The lowest BCUT2D eigenvalue weighted by molar-refractivity contribution is 0.0545. The van der Waals surface area contributed by atoms with Crippen molar-refractivity contribution < 1.29 is 14.7 Å². The third-order valence-corrected chi connectivity index (χ3v) is 7.96. The average Bonchev–Trinajstić information content (AvgIpc) is 3.05. The quantitative estimate of drug-likeness (QED) is 0.534. The molecule has 2 aliphatic rings. The predicted octanol–water partition coefficient (Wildman–Crippen LogP) is 3.30. The summed E-state index contributed by atoms with van der Waals surface area (Å²) in [5.74, 6) is -0.557. The van der Waals surface area contributed by atoms with Crippen molar-refractivity contribution in [2.45, 2.75) is 38.7 Å². The minimum absolute atomic E-state index is 0.0220. The number of aliphatic hydroxyl groups is 1. The Labute approximate surface area is 215 Å². The number of hydrogen-bond acceptors (Lipinski definition) is 4. The molecule has 0 fully saturated rings. The van der Waals surface area contributed by atoms with Gasteiger partial charge in [-0.3, -0.25) is 18.7 Å². The van der Waals surface area contributed by atoms with Gasteiger partial charge in [-0.25, -0.2) is 4.79 Å². The molecule has 0 bridgehead atoms. The van der Waals surface area contributed by atoms with Crippen LogP contribution in [0.3, 0.4) is 0 Å². The van der Waals surface area contributed by atoms with E-state index >= 15 is 0 Å². The zero-order valence-corrected chi connectivity index (χ0v) is 21.4. The summed E-state index contributed by atoms with van der Waals surface area (Å²) < 4.78 is 3.61. The number of hydrogen-bond donors (Lipinski definition) is 1. The molecule has 0 saturated carbocycles. The number of rotatable bonds is 3. The fourth-order valence-corrected chi connectivity index (χ4v) is 5.29. The molecule has 10 heteroatoms. The Balaban J connectivity index is 1.52. The maximum Gasteiger partial charge on any atom is 0.329 e. The Hall–Kier alpha value is -2.88. The van der Waals surface area contributed by atoms with Gasteiger partial charge < -0.3 is 14.9 Å². The zero-order chi connectivity index (χ0) is 24.9. The van der Waals surface area contributed by atoms with Crippen LogP contribution in [0.1, 0.15) is 45.1 Å². The smallest absolute Gasteiger partial charge is 0.329 e. The van der Waals surface area contributed by atoms with Crippen LogP contribution in [0.4, 0.5) is 0 Å². The third kappa shape index (κ3) is 4.22. The summed E-state index contributed by atoms with van der Waals surface area (Å²) in [5.41, 5.74) is 1.75. The number of fused-ring (bicyclic) bond motifs is 3. The van der Waals surface area contributed by atoms with E-state index in [1.807, 2.05) is 37.3 Å². The van der Waals surface area contributed by atoms with E-state index < -0.39 is 6.10 Å². The number of imidazole rings is 1. The molecule has 5 rings (SSSR count). The molecule has 0 radical (unpaired) electrons. The minimum atomic E-state index is -0.892. The molecule has 1 aromatic heterocycles. The van der Waals surface area contributed by atoms with Crippen molar-refractivity contribution in [1.29, 1.82) is 0 Å². The van der Waals surface area contributed by atoms with Crippen molar-refractivity contribution in [2.75, 3.05) is 13.1 Å². The van der Waals surface area contributed by atoms with Crippen LogP contribution in [0, 0.1) is 0 Å². The largest absolute Gasteiger partial charge is 0.389 e. The van der Waals surface area contributed by atoms with Gasteiger partial charge in [-0.15, -0.1) is 0 Å². The van der Waals surface area contributed by atoms with Crippen LogP contribution >= 0.6 is 27.5 Å². The second-order valence-corrected chi connectivity index (χ2v) is 10.2. The molecule has 2 atom stereocenters. The molecule has 8 nitrogen and oxygen atoms in total. The van der Waals surface area contributed by atoms with Gasteiger partial charge in [-0.1, -0.05) is 41.9 Å². The number of benzene rings is 2. The highest BCUT2D eigenvalue weighted by Crippen LogP contribution is 2.29. The first-order valence-corrected chi connectivity index (χ1v) is 12.5. The summed E-state index contributed by atoms with van der Waals surface area (Å²) in [6.07, 6.45) is -0.892. The summed E-state index contributed by atoms with van der Waals surface area (Å²) in [4.78, 5) is 43.5. The van der Waals surface area contributed by atoms with Crippen molar-refractivity contribution in [3.05, 3.63) is 91.0 Å². The van der Waals surface area contributed by atoms with Crippen LogP contribution in [-0.2, 0) is 19.6 Å². The number of nitrogens with zero attached hydrogens (tertiary/aromatic N) is 4. The van der Waals surface area contributed by atoms with Crippen molar-refractivity contribution >= 4 is 39.3 Å². The van der Waals surface area contributed by atoms with Crippen LogP contribution in [0.5, 0.6) is 0 Å². The molecule has 0 saturated heterocycles. The van der Waals surface area contributed by atoms with Gasteiger partial charge in [-0.2, -0.15) is 0 Å². The topological polar surface area (TPSA) is 87.8 Å². The second kappa shape index (κ2) is 9.29. The standard InChI is InChI=1S/C25H24BrClN4O4/c1-15(16-5-3-2-4-6-16)30-12-18(32)13-31-22(24(30)34)21-14-28(9-10-29(21)25(31)35)23(33)17-7-8-19(26)20(27)11-17/h2-8,11,15,18,32H,9-10,12-14H2,1H3/t15-,18+/m0/s1. The Morgan fingerprint density at radius 2 is 1.83 bits per heavy atom. The summed E-state index contributed by atoms with van der Waals surface area (Å²) in [5, 5.41) is 11.1. The van der Waals surface area contributed by atoms with Crippen LogP contribution in [0.15, 0.2) is 57.8 Å². The van der Waals surface area contributed by atoms with E-state index in [0.29, 0.717) is 27.3 Å². The zero-order valence-electron chi connectivity index (χ0n) is 19.0. The van der Waals surface area contributed by atoms with Gasteiger partial charge in [0, 0.05) is 29.7 Å². The fourth-order valence-electron chi connectivity index (χ4n) is 4.87. The Morgan fingerprint density at radius 3 is 2.54 bits per heavy atom. The number of carbonyl (C=O) groups is 2. The molecular weight excluding hydrogens is 536 g/mol. The highest BCUT2D eigenvalue weighted by atomic mass is 79.9. The summed E-state index contributed by atoms with van der Waals surface area (Å²) in [6.45, 7) is 2.73. The lowest BCUT2D eigenvalue weighted by Crippen LogP contribution is -2.42. The highest BCUT2D eigenvalue weighted by molar-refractivity contribution is 9.10. The van der Waals surface area contributed by atoms with E-state index in [0.717, 1.165) is 5.56 Å². The Bertz CT molecular complexity index is 1370. The van der Waals surface area contributed by atoms with Crippen molar-refractivity contribution in [3.8, 4) is 0 Å². The van der Waals surface area contributed by atoms with Gasteiger partial charge in [-0.05, 0) is 46.6 Å². The predicted molar refractivity (Wildman–Crippen MR) is 134 cm³/mol. The first-order valence-electron chi connectivity index (χ1n) is 11.4. The molecule has 3 heterocycles. The van der Waals surface area contributed by atoms with E-state index in [4.69, 9.17) is 11.6 Å². The van der Waals surface area contributed by atoms with Gasteiger partial charge >= 0.3 is 5.69 Å². The van der Waals surface area contributed by atoms with E-state index in [2.05, 4.69) is 15.9 Å². The fraction of sp³-hybridized carbons (Fsp3) is 0.320. The number of aliphatic hydroxyl groups excluding tert-OH is 1. The molecule has 1 N–H and O–H groups in total. The number of amides is 2. The number of carbonyl (C=O) groups excluding carboxylic acids is 2. The van der Waals surface area contributed by atoms with Crippen molar-refractivity contribution in [2.24, 2.45) is 0 Å². The molecule has 182 valence electrons. The first kappa shape index (κ1) is 23.8. The minimum Gasteiger partial charge on any atom is -0.389 e. The molecule has 2 aromatic carbocycles. The number of β-amino-alcohol motifs (C(OH)–C–C–N with tert-alkyl or cyclic N) is 1. The van der Waals surface area contributed by atoms with E-state index in [-0.39, 0.29) is 55.4 Å². The normalized spacial score (nSPS) is 18.6. The summed E-state index contributed by atoms with van der Waals surface area (Å²) in [6, 6.07) is 14.3. The van der Waals surface area contributed by atoms with Crippen molar-refractivity contribution in [3.63, 3.8) is 0 Å². The number of halogens is 2. The van der Waals surface area contributed by atoms with Gasteiger partial charge in [0.1, 0.15) is 5.69 Å². The third-order valence-electron chi connectivity index (χ3n) is 6.73. The Morgan fingerprint density at radius 1 is 1.09 bits per heavy atom. The van der Waals surface area contributed by atoms with Gasteiger partial charge in [0.2, 0.25) is 0 Å². The first-order chi connectivity index (χ1) is 16.8. The lowest BCUT2D eigenvalue weighted by atomic mass is 10.1.